The Bertz CT molecular complexity index is 348. The van der Waals surface area contributed by atoms with Crippen molar-refractivity contribution in [1.29, 1.82) is 0 Å². The predicted octanol–water partition coefficient (Wildman–Crippen LogP) is 4.25. The zero-order valence-corrected chi connectivity index (χ0v) is 12.9. The van der Waals surface area contributed by atoms with Gasteiger partial charge < -0.3 is 4.74 Å². The largest absolute Gasteiger partial charge is 0.372 e. The van der Waals surface area contributed by atoms with Crippen LogP contribution in [-0.4, -0.2) is 30.7 Å². The van der Waals surface area contributed by atoms with Gasteiger partial charge in [0.2, 0.25) is 0 Å². The minimum atomic E-state index is 0.499. The highest BCUT2D eigenvalue weighted by Crippen LogP contribution is 2.15. The van der Waals surface area contributed by atoms with E-state index >= 15 is 0 Å². The van der Waals surface area contributed by atoms with E-state index < -0.39 is 0 Å². The summed E-state index contributed by atoms with van der Waals surface area (Å²) in [6.45, 7) is 6.61. The third-order valence-corrected chi connectivity index (χ3v) is 3.94. The topological polar surface area (TPSA) is 15.8 Å². The van der Waals surface area contributed by atoms with Crippen LogP contribution < -0.4 is 0 Å². The maximum Gasteiger partial charge on any atom is 0.0936 e. The van der Waals surface area contributed by atoms with Crippen molar-refractivity contribution in [1.82, 2.24) is 4.90 Å². The summed E-state index contributed by atoms with van der Waals surface area (Å²) in [4.78, 5) is 2.56. The maximum absolute atomic E-state index is 5.39. The van der Waals surface area contributed by atoms with Crippen LogP contribution in [0, 0.1) is 0 Å². The lowest BCUT2D eigenvalue weighted by Crippen LogP contribution is -2.28. The molecule has 0 spiro atoms. The number of benzene rings is 1. The van der Waals surface area contributed by atoms with Gasteiger partial charge in [-0.3, -0.25) is 4.90 Å². The van der Waals surface area contributed by atoms with Gasteiger partial charge in [-0.1, -0.05) is 69.4 Å². The number of hydrogen-bond acceptors (Lipinski definition) is 2. The van der Waals surface area contributed by atoms with E-state index in [-0.39, 0.29) is 0 Å². The molecule has 1 heterocycles. The fourth-order valence-corrected chi connectivity index (χ4v) is 2.65. The number of nitrogens with zero attached hydrogens (tertiary/aromatic N) is 1. The molecule has 0 bridgehead atoms. The zero-order valence-electron chi connectivity index (χ0n) is 12.9. The Morgan fingerprint density at radius 1 is 1.05 bits per heavy atom. The summed E-state index contributed by atoms with van der Waals surface area (Å²) < 4.78 is 5.39. The second kappa shape index (κ2) is 9.15. The molecule has 1 aliphatic rings. The first-order valence-electron chi connectivity index (χ1n) is 8.26. The van der Waals surface area contributed by atoms with E-state index in [1.165, 1.54) is 50.6 Å². The minimum absolute atomic E-state index is 0.499. The van der Waals surface area contributed by atoms with Crippen molar-refractivity contribution >= 4 is 0 Å². The average molecular weight is 275 g/mol. The van der Waals surface area contributed by atoms with Gasteiger partial charge in [0.25, 0.3) is 0 Å². The molecular formula is C18H29NO. The summed E-state index contributed by atoms with van der Waals surface area (Å²) in [7, 11) is 0. The summed E-state index contributed by atoms with van der Waals surface area (Å²) in [5, 5.41) is 0. The maximum atomic E-state index is 5.39. The second-order valence-electron chi connectivity index (χ2n) is 5.94. The Balaban J connectivity index is 1.67. The monoisotopic (exact) mass is 275 g/mol. The molecule has 112 valence electrons. The summed E-state index contributed by atoms with van der Waals surface area (Å²) in [5.41, 5.74) is 1.42. The van der Waals surface area contributed by atoms with Crippen LogP contribution in [0.4, 0.5) is 0 Å². The Kier molecular flexibility index (Phi) is 7.10. The zero-order chi connectivity index (χ0) is 14.0. The van der Waals surface area contributed by atoms with Gasteiger partial charge in [-0.05, 0) is 18.5 Å². The quantitative estimate of drug-likeness (QED) is 0.443. The molecule has 0 aliphatic carbocycles. The van der Waals surface area contributed by atoms with Gasteiger partial charge in [0.05, 0.1) is 12.7 Å². The van der Waals surface area contributed by atoms with E-state index in [9.17, 15) is 0 Å². The van der Waals surface area contributed by atoms with Crippen LogP contribution in [0.1, 0.15) is 51.0 Å². The van der Waals surface area contributed by atoms with Gasteiger partial charge in [-0.25, -0.2) is 0 Å². The van der Waals surface area contributed by atoms with Crippen LogP contribution in [0.2, 0.25) is 0 Å². The smallest absolute Gasteiger partial charge is 0.0936 e. The Morgan fingerprint density at radius 2 is 1.75 bits per heavy atom. The van der Waals surface area contributed by atoms with Crippen LogP contribution in [0.15, 0.2) is 30.3 Å². The highest BCUT2D eigenvalue weighted by atomic mass is 16.6. The molecule has 1 aromatic carbocycles. The molecule has 0 amide bonds. The van der Waals surface area contributed by atoms with Crippen LogP contribution in [0.5, 0.6) is 0 Å². The van der Waals surface area contributed by atoms with Crippen molar-refractivity contribution in [3.63, 3.8) is 0 Å². The van der Waals surface area contributed by atoms with E-state index in [2.05, 4.69) is 42.2 Å². The molecule has 0 N–H and O–H groups in total. The first kappa shape index (κ1) is 15.5. The lowest BCUT2D eigenvalue weighted by molar-refractivity contribution is 0.230. The van der Waals surface area contributed by atoms with Crippen molar-refractivity contribution in [3.05, 3.63) is 35.9 Å². The molecule has 1 aromatic rings. The number of hydrogen-bond donors (Lipinski definition) is 0. The first-order chi connectivity index (χ1) is 9.88. The van der Waals surface area contributed by atoms with E-state index in [4.69, 9.17) is 4.74 Å². The summed E-state index contributed by atoms with van der Waals surface area (Å²) >= 11 is 0. The molecule has 1 saturated heterocycles. The van der Waals surface area contributed by atoms with Crippen LogP contribution in [0.25, 0.3) is 0 Å². The molecule has 0 saturated carbocycles. The summed E-state index contributed by atoms with van der Waals surface area (Å²) in [6, 6.07) is 10.8. The number of epoxide rings is 1. The molecule has 1 unspecified atom stereocenters. The van der Waals surface area contributed by atoms with Gasteiger partial charge in [-0.2, -0.15) is 0 Å². The highest BCUT2D eigenvalue weighted by molar-refractivity contribution is 5.14. The normalized spacial score (nSPS) is 17.6. The van der Waals surface area contributed by atoms with Crippen molar-refractivity contribution in [2.75, 3.05) is 19.7 Å². The standard InChI is InChI=1S/C18H29NO/c1-2-3-4-5-6-10-13-19(15-18-16-20-18)14-17-11-8-7-9-12-17/h7-9,11-12,18H,2-6,10,13-16H2,1H3. The molecule has 1 fully saturated rings. The van der Waals surface area contributed by atoms with Gasteiger partial charge >= 0.3 is 0 Å². The van der Waals surface area contributed by atoms with Crippen LogP contribution in [-0.2, 0) is 11.3 Å². The van der Waals surface area contributed by atoms with Crippen molar-refractivity contribution < 1.29 is 4.74 Å². The molecule has 2 rings (SSSR count). The average Bonchev–Trinajstić information content (AvgIpc) is 3.27. The van der Waals surface area contributed by atoms with Crippen molar-refractivity contribution in [2.24, 2.45) is 0 Å². The fourth-order valence-electron chi connectivity index (χ4n) is 2.65. The van der Waals surface area contributed by atoms with Gasteiger partial charge in [0.1, 0.15) is 0 Å². The number of rotatable bonds is 11. The van der Waals surface area contributed by atoms with Crippen LogP contribution >= 0.6 is 0 Å². The molecular weight excluding hydrogens is 246 g/mol. The first-order valence-corrected chi connectivity index (χ1v) is 8.26. The van der Waals surface area contributed by atoms with E-state index in [1.54, 1.807) is 0 Å². The van der Waals surface area contributed by atoms with E-state index in [0.717, 1.165) is 19.7 Å². The van der Waals surface area contributed by atoms with Gasteiger partial charge in [0, 0.05) is 13.1 Å². The summed E-state index contributed by atoms with van der Waals surface area (Å²) in [5.74, 6) is 0. The summed E-state index contributed by atoms with van der Waals surface area (Å²) in [6.07, 6.45) is 8.72. The fraction of sp³-hybridized carbons (Fsp3) is 0.667. The molecule has 1 aliphatic heterocycles. The lowest BCUT2D eigenvalue weighted by atomic mass is 10.1. The predicted molar refractivity (Wildman–Crippen MR) is 84.8 cm³/mol. The third kappa shape index (κ3) is 6.53. The SMILES string of the molecule is CCCCCCCCN(Cc1ccccc1)CC1CO1. The lowest BCUT2D eigenvalue weighted by Gasteiger charge is -2.21. The van der Waals surface area contributed by atoms with Crippen molar-refractivity contribution in [2.45, 2.75) is 58.1 Å². The molecule has 20 heavy (non-hydrogen) atoms. The molecule has 1 atom stereocenters. The van der Waals surface area contributed by atoms with E-state index in [0.29, 0.717) is 6.10 Å². The second-order valence-corrected chi connectivity index (χ2v) is 5.94. The van der Waals surface area contributed by atoms with Crippen LogP contribution in [0.3, 0.4) is 0 Å². The number of ether oxygens (including phenoxy) is 1. The van der Waals surface area contributed by atoms with E-state index in [1.807, 2.05) is 0 Å². The Morgan fingerprint density at radius 3 is 2.45 bits per heavy atom. The molecule has 2 nitrogen and oxygen atoms in total. The third-order valence-electron chi connectivity index (χ3n) is 3.94. The van der Waals surface area contributed by atoms with Gasteiger partial charge in [0.15, 0.2) is 0 Å². The molecule has 0 radical (unpaired) electrons. The minimum Gasteiger partial charge on any atom is -0.372 e. The van der Waals surface area contributed by atoms with Crippen molar-refractivity contribution in [3.8, 4) is 0 Å². The molecule has 0 aromatic heterocycles. The number of unbranched alkanes of at least 4 members (excludes halogenated alkanes) is 5. The Labute approximate surface area is 124 Å². The van der Waals surface area contributed by atoms with Gasteiger partial charge in [-0.15, -0.1) is 0 Å². The highest BCUT2D eigenvalue weighted by Gasteiger charge is 2.25. The Hall–Kier alpha value is -0.860. The molecule has 2 heteroatoms.